The molecule has 1 rings (SSSR count). The number of imidazole rings is 1. The Morgan fingerprint density at radius 2 is 1.76 bits per heavy atom. The molecule has 0 amide bonds. The van der Waals surface area contributed by atoms with Crippen molar-refractivity contribution in [2.75, 3.05) is 6.26 Å². The van der Waals surface area contributed by atoms with Crippen LogP contribution in [0.25, 0.3) is 0 Å². The first kappa shape index (κ1) is 18.2. The molecule has 0 aliphatic heterocycles. The van der Waals surface area contributed by atoms with Gasteiger partial charge in [0.2, 0.25) is 10.0 Å². The van der Waals surface area contributed by atoms with Gasteiger partial charge in [-0.3, -0.25) is 0 Å². The van der Waals surface area contributed by atoms with E-state index < -0.39 is 15.6 Å². The Morgan fingerprint density at radius 3 is 2.14 bits per heavy atom. The van der Waals surface area contributed by atoms with Crippen LogP contribution >= 0.6 is 0 Å². The van der Waals surface area contributed by atoms with Crippen molar-refractivity contribution in [2.24, 2.45) is 5.41 Å². The molecule has 122 valence electrons. The molecular formula is C15H29N3O2S. The summed E-state index contributed by atoms with van der Waals surface area (Å²) >= 11 is 0. The Bertz CT molecular complexity index is 577. The molecule has 0 spiro atoms. The van der Waals surface area contributed by atoms with E-state index in [-0.39, 0.29) is 18.0 Å². The van der Waals surface area contributed by atoms with E-state index in [1.807, 2.05) is 27.0 Å². The number of hydrogen-bond donors (Lipinski definition) is 0. The molecule has 0 aromatic carbocycles. The van der Waals surface area contributed by atoms with Crippen LogP contribution in [0.2, 0.25) is 0 Å². The van der Waals surface area contributed by atoms with Crippen molar-refractivity contribution < 1.29 is 8.42 Å². The van der Waals surface area contributed by atoms with Gasteiger partial charge >= 0.3 is 0 Å². The zero-order valence-corrected chi connectivity index (χ0v) is 15.3. The number of rotatable bonds is 4. The Morgan fingerprint density at radius 1 is 1.24 bits per heavy atom. The van der Waals surface area contributed by atoms with Gasteiger partial charge in [0.25, 0.3) is 0 Å². The van der Waals surface area contributed by atoms with Gasteiger partial charge in [-0.25, -0.2) is 13.4 Å². The minimum Gasteiger partial charge on any atom is -0.331 e. The van der Waals surface area contributed by atoms with Crippen LogP contribution in [0.4, 0.5) is 0 Å². The summed E-state index contributed by atoms with van der Waals surface area (Å²) in [6.45, 7) is 14.6. The number of sulfonamides is 1. The molecule has 1 heterocycles. The second-order valence-corrected chi connectivity index (χ2v) is 9.64. The van der Waals surface area contributed by atoms with Gasteiger partial charge in [0.05, 0.1) is 12.8 Å². The molecule has 0 fully saturated rings. The Hall–Kier alpha value is -0.880. The van der Waals surface area contributed by atoms with Gasteiger partial charge in [-0.15, -0.1) is 0 Å². The van der Waals surface area contributed by atoms with Gasteiger partial charge in [-0.2, -0.15) is 4.31 Å². The SMILES string of the molecule is CC(n1ccnc1CN(C(C)(C)C)S(C)(=O)=O)C(C)(C)C. The first-order valence-corrected chi connectivity index (χ1v) is 9.09. The van der Waals surface area contributed by atoms with E-state index in [2.05, 4.69) is 37.2 Å². The Labute approximate surface area is 129 Å². The highest BCUT2D eigenvalue weighted by Crippen LogP contribution is 2.31. The maximum atomic E-state index is 12.1. The van der Waals surface area contributed by atoms with Crippen LogP contribution in [-0.4, -0.2) is 34.1 Å². The first-order chi connectivity index (χ1) is 9.24. The van der Waals surface area contributed by atoms with Gasteiger partial charge in [0.15, 0.2) is 0 Å². The molecule has 0 saturated carbocycles. The summed E-state index contributed by atoms with van der Waals surface area (Å²) in [5.41, 5.74) is -0.400. The van der Waals surface area contributed by atoms with Crippen molar-refractivity contribution >= 4 is 10.0 Å². The fourth-order valence-corrected chi connectivity index (χ4v) is 3.56. The highest BCUT2D eigenvalue weighted by atomic mass is 32.2. The van der Waals surface area contributed by atoms with E-state index in [4.69, 9.17) is 0 Å². The van der Waals surface area contributed by atoms with E-state index in [9.17, 15) is 8.42 Å². The van der Waals surface area contributed by atoms with Crippen LogP contribution in [-0.2, 0) is 16.6 Å². The maximum Gasteiger partial charge on any atom is 0.212 e. The molecule has 0 radical (unpaired) electrons. The summed E-state index contributed by atoms with van der Waals surface area (Å²) in [5.74, 6) is 0.776. The molecule has 0 saturated heterocycles. The second-order valence-electron chi connectivity index (χ2n) is 7.73. The number of nitrogens with zero attached hydrogens (tertiary/aromatic N) is 3. The quantitative estimate of drug-likeness (QED) is 0.858. The molecule has 6 heteroatoms. The Kier molecular flexibility index (Phi) is 4.95. The molecule has 1 aromatic rings. The van der Waals surface area contributed by atoms with E-state index in [1.54, 1.807) is 6.20 Å². The smallest absolute Gasteiger partial charge is 0.212 e. The summed E-state index contributed by atoms with van der Waals surface area (Å²) in [7, 11) is -3.30. The third kappa shape index (κ3) is 4.54. The van der Waals surface area contributed by atoms with Crippen LogP contribution in [0.5, 0.6) is 0 Å². The van der Waals surface area contributed by atoms with Crippen LogP contribution in [0.15, 0.2) is 12.4 Å². The highest BCUT2D eigenvalue weighted by Gasteiger charge is 2.32. The van der Waals surface area contributed by atoms with Gasteiger partial charge in [-0.05, 0) is 33.1 Å². The predicted octanol–water partition coefficient (Wildman–Crippen LogP) is 3.05. The van der Waals surface area contributed by atoms with Crippen molar-refractivity contribution in [1.82, 2.24) is 13.9 Å². The van der Waals surface area contributed by atoms with Crippen molar-refractivity contribution in [3.8, 4) is 0 Å². The lowest BCUT2D eigenvalue weighted by Crippen LogP contribution is -2.45. The summed E-state index contributed by atoms with van der Waals surface area (Å²) < 4.78 is 27.7. The number of aromatic nitrogens is 2. The lowest BCUT2D eigenvalue weighted by molar-refractivity contribution is 0.219. The summed E-state index contributed by atoms with van der Waals surface area (Å²) in [4.78, 5) is 4.37. The highest BCUT2D eigenvalue weighted by molar-refractivity contribution is 7.88. The minimum absolute atomic E-state index is 0.0765. The molecule has 0 aliphatic rings. The minimum atomic E-state index is -3.30. The zero-order valence-electron chi connectivity index (χ0n) is 14.5. The first-order valence-electron chi connectivity index (χ1n) is 7.24. The normalized spacial score (nSPS) is 15.5. The van der Waals surface area contributed by atoms with E-state index in [0.717, 1.165) is 5.82 Å². The molecule has 0 aliphatic carbocycles. The predicted molar refractivity (Wildman–Crippen MR) is 86.5 cm³/mol. The van der Waals surface area contributed by atoms with Gasteiger partial charge in [0, 0.05) is 24.0 Å². The summed E-state index contributed by atoms with van der Waals surface area (Å²) in [6.07, 6.45) is 4.91. The van der Waals surface area contributed by atoms with E-state index >= 15 is 0 Å². The van der Waals surface area contributed by atoms with Crippen LogP contribution in [0, 0.1) is 5.41 Å². The van der Waals surface area contributed by atoms with Crippen molar-refractivity contribution in [3.63, 3.8) is 0 Å². The summed E-state index contributed by atoms with van der Waals surface area (Å²) in [5, 5.41) is 0. The molecule has 21 heavy (non-hydrogen) atoms. The van der Waals surface area contributed by atoms with Crippen molar-refractivity contribution in [2.45, 2.75) is 66.6 Å². The van der Waals surface area contributed by atoms with Gasteiger partial charge in [-0.1, -0.05) is 20.8 Å². The zero-order chi connectivity index (χ0) is 16.6. The third-order valence-electron chi connectivity index (χ3n) is 3.85. The molecule has 0 N–H and O–H groups in total. The largest absolute Gasteiger partial charge is 0.331 e. The molecule has 5 nitrogen and oxygen atoms in total. The van der Waals surface area contributed by atoms with Crippen LogP contribution in [0.1, 0.15) is 60.3 Å². The summed E-state index contributed by atoms with van der Waals surface area (Å²) in [6, 6.07) is 0.233. The van der Waals surface area contributed by atoms with E-state index in [0.29, 0.717) is 0 Å². The average Bonchev–Trinajstić information content (AvgIpc) is 2.67. The molecule has 1 atom stereocenters. The lowest BCUT2D eigenvalue weighted by atomic mass is 9.88. The molecule has 1 unspecified atom stereocenters. The van der Waals surface area contributed by atoms with Crippen molar-refractivity contribution in [1.29, 1.82) is 0 Å². The van der Waals surface area contributed by atoms with Crippen LogP contribution < -0.4 is 0 Å². The van der Waals surface area contributed by atoms with E-state index in [1.165, 1.54) is 10.6 Å². The number of hydrogen-bond acceptors (Lipinski definition) is 3. The molecule has 1 aromatic heterocycles. The topological polar surface area (TPSA) is 55.2 Å². The van der Waals surface area contributed by atoms with Gasteiger partial charge in [0.1, 0.15) is 5.82 Å². The molecule has 0 bridgehead atoms. The maximum absolute atomic E-state index is 12.1. The second kappa shape index (κ2) is 5.72. The monoisotopic (exact) mass is 315 g/mol. The fourth-order valence-electron chi connectivity index (χ4n) is 2.22. The van der Waals surface area contributed by atoms with Gasteiger partial charge < -0.3 is 4.57 Å². The average molecular weight is 315 g/mol. The molecular weight excluding hydrogens is 286 g/mol. The standard InChI is InChI=1S/C15H29N3O2S/c1-12(14(2,3)4)17-10-9-16-13(17)11-18(15(5,6)7)21(8,19)20/h9-10,12H,11H2,1-8H3. The Balaban J connectivity index is 3.17. The van der Waals surface area contributed by atoms with Crippen LogP contribution in [0.3, 0.4) is 0 Å². The third-order valence-corrected chi connectivity index (χ3v) is 5.33. The fraction of sp³-hybridized carbons (Fsp3) is 0.800. The van der Waals surface area contributed by atoms with Crippen molar-refractivity contribution in [3.05, 3.63) is 18.2 Å². The lowest BCUT2D eigenvalue weighted by Gasteiger charge is -2.35.